The van der Waals surface area contributed by atoms with E-state index in [1.807, 2.05) is 18.2 Å². The standard InChI is InChI=1S/C14H10N4O4S/c19-18(20)12-4-9-13(16-6-17-14(9)23-12)15-5-8-1-2-10-11(3-8)22-7-21-10/h1-4,6H,5,7H2,(H,15,16,17). The van der Waals surface area contributed by atoms with Gasteiger partial charge in [0.25, 0.3) is 0 Å². The summed E-state index contributed by atoms with van der Waals surface area (Å²) < 4.78 is 10.6. The van der Waals surface area contributed by atoms with E-state index in [9.17, 15) is 10.1 Å². The van der Waals surface area contributed by atoms with Crippen LogP contribution < -0.4 is 14.8 Å². The predicted molar refractivity (Wildman–Crippen MR) is 84.0 cm³/mol. The lowest BCUT2D eigenvalue weighted by Crippen LogP contribution is -2.01. The summed E-state index contributed by atoms with van der Waals surface area (Å²) in [5.74, 6) is 2.01. The lowest BCUT2D eigenvalue weighted by Gasteiger charge is -2.07. The molecule has 1 aliphatic rings. The minimum atomic E-state index is -0.423. The number of fused-ring (bicyclic) bond motifs is 2. The zero-order valence-electron chi connectivity index (χ0n) is 11.7. The third-order valence-electron chi connectivity index (χ3n) is 3.39. The first-order valence-corrected chi connectivity index (χ1v) is 7.54. The molecule has 0 atom stereocenters. The van der Waals surface area contributed by atoms with Crippen LogP contribution in [0.4, 0.5) is 10.8 Å². The largest absolute Gasteiger partial charge is 0.454 e. The van der Waals surface area contributed by atoms with Gasteiger partial charge in [-0.3, -0.25) is 10.1 Å². The van der Waals surface area contributed by atoms with Crippen LogP contribution in [0.15, 0.2) is 30.6 Å². The molecule has 3 heterocycles. The molecule has 4 rings (SSSR count). The molecule has 1 N–H and O–H groups in total. The molecule has 1 aliphatic heterocycles. The Hall–Kier alpha value is -2.94. The van der Waals surface area contributed by atoms with E-state index in [1.165, 1.54) is 12.4 Å². The number of aromatic nitrogens is 2. The predicted octanol–water partition coefficient (Wildman–Crippen LogP) is 2.94. The van der Waals surface area contributed by atoms with E-state index in [0.717, 1.165) is 22.6 Å². The topological polar surface area (TPSA) is 99.4 Å². The minimum Gasteiger partial charge on any atom is -0.454 e. The van der Waals surface area contributed by atoms with E-state index in [0.29, 0.717) is 28.3 Å². The third kappa shape index (κ3) is 2.50. The quantitative estimate of drug-likeness (QED) is 0.580. The van der Waals surface area contributed by atoms with Crippen LogP contribution in [0.2, 0.25) is 0 Å². The molecule has 0 aliphatic carbocycles. The van der Waals surface area contributed by atoms with Crippen molar-refractivity contribution in [3.8, 4) is 11.5 Å². The summed E-state index contributed by atoms with van der Waals surface area (Å²) in [5.41, 5.74) is 0.991. The molecule has 0 radical (unpaired) electrons. The van der Waals surface area contributed by atoms with Crippen molar-refractivity contribution in [3.63, 3.8) is 0 Å². The monoisotopic (exact) mass is 330 g/mol. The summed E-state index contributed by atoms with van der Waals surface area (Å²) in [6, 6.07) is 7.16. The van der Waals surface area contributed by atoms with Crippen LogP contribution in [0.5, 0.6) is 11.5 Å². The lowest BCUT2D eigenvalue weighted by molar-refractivity contribution is -0.380. The van der Waals surface area contributed by atoms with Crippen molar-refractivity contribution >= 4 is 32.4 Å². The molecule has 0 spiro atoms. The van der Waals surface area contributed by atoms with Crippen molar-refractivity contribution < 1.29 is 14.4 Å². The number of rotatable bonds is 4. The Labute approximate surface area is 133 Å². The fraction of sp³-hybridized carbons (Fsp3) is 0.143. The zero-order chi connectivity index (χ0) is 15.8. The van der Waals surface area contributed by atoms with Crippen LogP contribution in [0.3, 0.4) is 0 Å². The number of nitrogens with zero attached hydrogens (tertiary/aromatic N) is 3. The van der Waals surface area contributed by atoms with Gasteiger partial charge in [-0.1, -0.05) is 6.07 Å². The molecular formula is C14H10N4O4S. The Morgan fingerprint density at radius 1 is 1.26 bits per heavy atom. The molecule has 23 heavy (non-hydrogen) atoms. The van der Waals surface area contributed by atoms with Gasteiger partial charge in [0.1, 0.15) is 17.0 Å². The lowest BCUT2D eigenvalue weighted by atomic mass is 10.2. The molecule has 3 aromatic rings. The Balaban J connectivity index is 1.59. The second-order valence-electron chi connectivity index (χ2n) is 4.82. The third-order valence-corrected chi connectivity index (χ3v) is 4.39. The molecule has 1 aromatic carbocycles. The Morgan fingerprint density at radius 3 is 3.00 bits per heavy atom. The minimum absolute atomic E-state index is 0.0478. The van der Waals surface area contributed by atoms with E-state index in [1.54, 1.807) is 0 Å². The van der Waals surface area contributed by atoms with Gasteiger partial charge in [0, 0.05) is 12.6 Å². The van der Waals surface area contributed by atoms with E-state index < -0.39 is 4.92 Å². The van der Waals surface area contributed by atoms with E-state index in [-0.39, 0.29) is 11.8 Å². The fourth-order valence-corrected chi connectivity index (χ4v) is 3.13. The van der Waals surface area contributed by atoms with Crippen molar-refractivity contribution in [2.45, 2.75) is 6.54 Å². The number of benzene rings is 1. The van der Waals surface area contributed by atoms with Crippen LogP contribution in [0.1, 0.15) is 5.56 Å². The second kappa shape index (κ2) is 5.36. The van der Waals surface area contributed by atoms with Gasteiger partial charge in [0.05, 0.1) is 10.3 Å². The van der Waals surface area contributed by atoms with Crippen LogP contribution in [-0.2, 0) is 6.54 Å². The highest BCUT2D eigenvalue weighted by Gasteiger charge is 2.16. The van der Waals surface area contributed by atoms with E-state index >= 15 is 0 Å². The Kier molecular flexibility index (Phi) is 3.19. The average Bonchev–Trinajstić information content (AvgIpc) is 3.18. The second-order valence-corrected chi connectivity index (χ2v) is 5.83. The van der Waals surface area contributed by atoms with Crippen molar-refractivity contribution in [3.05, 3.63) is 46.3 Å². The van der Waals surface area contributed by atoms with Gasteiger partial charge >= 0.3 is 5.00 Å². The molecule has 0 fully saturated rings. The Morgan fingerprint density at radius 2 is 2.13 bits per heavy atom. The Bertz CT molecular complexity index is 911. The maximum atomic E-state index is 10.9. The molecule has 0 bridgehead atoms. The van der Waals surface area contributed by atoms with Gasteiger partial charge in [-0.2, -0.15) is 0 Å². The molecule has 0 amide bonds. The molecule has 9 heteroatoms. The molecule has 8 nitrogen and oxygen atoms in total. The van der Waals surface area contributed by atoms with Gasteiger partial charge in [0.2, 0.25) is 6.79 Å². The number of ether oxygens (including phenoxy) is 2. The summed E-state index contributed by atoms with van der Waals surface area (Å²) in [6.45, 7) is 0.740. The van der Waals surface area contributed by atoms with Gasteiger partial charge in [0.15, 0.2) is 11.5 Å². The average molecular weight is 330 g/mol. The molecule has 0 unspecified atom stereocenters. The molecule has 0 saturated carbocycles. The molecule has 0 saturated heterocycles. The van der Waals surface area contributed by atoms with E-state index in [4.69, 9.17) is 9.47 Å². The van der Waals surface area contributed by atoms with Crippen molar-refractivity contribution in [2.75, 3.05) is 12.1 Å². The zero-order valence-corrected chi connectivity index (χ0v) is 12.5. The first kappa shape index (κ1) is 13.7. The highest BCUT2D eigenvalue weighted by Crippen LogP contribution is 2.34. The number of anilines is 1. The first-order chi connectivity index (χ1) is 11.2. The number of thiophene rings is 1. The van der Waals surface area contributed by atoms with Crippen LogP contribution in [0.25, 0.3) is 10.2 Å². The summed E-state index contributed by atoms with van der Waals surface area (Å²) in [7, 11) is 0. The summed E-state index contributed by atoms with van der Waals surface area (Å²) in [6.07, 6.45) is 1.39. The van der Waals surface area contributed by atoms with Crippen LogP contribution in [0, 0.1) is 10.1 Å². The highest BCUT2D eigenvalue weighted by atomic mass is 32.1. The van der Waals surface area contributed by atoms with Gasteiger partial charge in [-0.25, -0.2) is 9.97 Å². The number of hydrogen-bond donors (Lipinski definition) is 1. The molecule has 116 valence electrons. The SMILES string of the molecule is O=[N+]([O-])c1cc2c(NCc3ccc4c(c3)OCO4)ncnc2s1. The maximum Gasteiger partial charge on any atom is 0.326 e. The smallest absolute Gasteiger partial charge is 0.326 e. The summed E-state index contributed by atoms with van der Waals surface area (Å²) in [5, 5.41) is 14.8. The van der Waals surface area contributed by atoms with Crippen LogP contribution in [-0.4, -0.2) is 21.7 Å². The number of nitrogens with one attached hydrogen (secondary N) is 1. The maximum absolute atomic E-state index is 10.9. The van der Waals surface area contributed by atoms with Crippen molar-refractivity contribution in [1.29, 1.82) is 0 Å². The molecule has 2 aromatic heterocycles. The molecular weight excluding hydrogens is 320 g/mol. The van der Waals surface area contributed by atoms with Crippen LogP contribution >= 0.6 is 11.3 Å². The summed E-state index contributed by atoms with van der Waals surface area (Å²) in [4.78, 5) is 19.3. The fourth-order valence-electron chi connectivity index (χ4n) is 2.31. The van der Waals surface area contributed by atoms with Crippen molar-refractivity contribution in [1.82, 2.24) is 9.97 Å². The number of nitro groups is 1. The number of hydrogen-bond acceptors (Lipinski definition) is 8. The van der Waals surface area contributed by atoms with Gasteiger partial charge < -0.3 is 14.8 Å². The first-order valence-electron chi connectivity index (χ1n) is 6.72. The summed E-state index contributed by atoms with van der Waals surface area (Å²) >= 11 is 1.03. The highest BCUT2D eigenvalue weighted by molar-refractivity contribution is 7.21. The van der Waals surface area contributed by atoms with Gasteiger partial charge in [-0.05, 0) is 29.0 Å². The van der Waals surface area contributed by atoms with E-state index in [2.05, 4.69) is 15.3 Å². The normalized spacial score (nSPS) is 12.5. The van der Waals surface area contributed by atoms with Crippen molar-refractivity contribution in [2.24, 2.45) is 0 Å². The van der Waals surface area contributed by atoms with Gasteiger partial charge in [-0.15, -0.1) is 0 Å².